The minimum Gasteiger partial charge on any atom is -0.481 e. The Hall–Kier alpha value is -1.79. The third-order valence-electron chi connectivity index (χ3n) is 3.63. The Bertz CT molecular complexity index is 701. The average Bonchev–Trinajstić information content (AvgIpc) is 2.78. The van der Waals surface area contributed by atoms with Gasteiger partial charge in [0.15, 0.2) is 5.78 Å². The summed E-state index contributed by atoms with van der Waals surface area (Å²) < 4.78 is 0. The van der Waals surface area contributed by atoms with Crippen molar-refractivity contribution in [2.75, 3.05) is 12.8 Å². The Morgan fingerprint density at radius 1 is 1.35 bits per heavy atom. The van der Waals surface area contributed by atoms with E-state index in [1.165, 1.54) is 16.7 Å². The first-order valence-corrected chi connectivity index (χ1v) is 8.66. The molecule has 1 heterocycles. The van der Waals surface area contributed by atoms with Gasteiger partial charge in [0.2, 0.25) is 0 Å². The highest BCUT2D eigenvalue weighted by Gasteiger charge is 2.42. The van der Waals surface area contributed by atoms with Crippen LogP contribution >= 0.6 is 23.4 Å². The van der Waals surface area contributed by atoms with Crippen LogP contribution in [0.3, 0.4) is 0 Å². The molecule has 23 heavy (non-hydrogen) atoms. The standard InChI is InChI=1S/C16H16ClNO4S/c1-3-18-15(22)10(8-12(19)20)13(16(18)23-2)14(21)9-6-4-5-7-11(9)17/h4-7,16H,3,8H2,1-2H3,(H,19,20)/t16-/m1/s1. The van der Waals surface area contributed by atoms with E-state index in [2.05, 4.69) is 0 Å². The Morgan fingerprint density at radius 3 is 2.52 bits per heavy atom. The number of thioether (sulfide) groups is 1. The second-order valence-electron chi connectivity index (χ2n) is 4.95. The lowest BCUT2D eigenvalue weighted by molar-refractivity contribution is -0.137. The lowest BCUT2D eigenvalue weighted by Crippen LogP contribution is -2.34. The lowest BCUT2D eigenvalue weighted by atomic mass is 9.98. The van der Waals surface area contributed by atoms with E-state index in [9.17, 15) is 14.4 Å². The van der Waals surface area contributed by atoms with E-state index in [1.54, 1.807) is 37.4 Å². The van der Waals surface area contributed by atoms with E-state index in [0.29, 0.717) is 6.54 Å². The summed E-state index contributed by atoms with van der Waals surface area (Å²) in [4.78, 5) is 38.0. The van der Waals surface area contributed by atoms with Crippen molar-refractivity contribution in [1.29, 1.82) is 0 Å². The lowest BCUT2D eigenvalue weighted by Gasteiger charge is -2.23. The van der Waals surface area contributed by atoms with Gasteiger partial charge in [0.25, 0.3) is 5.91 Å². The highest BCUT2D eigenvalue weighted by molar-refractivity contribution is 7.99. The third-order valence-corrected chi connectivity index (χ3v) is 4.90. The fourth-order valence-corrected chi connectivity index (χ4v) is 3.82. The molecular weight excluding hydrogens is 338 g/mol. The predicted octanol–water partition coefficient (Wildman–Crippen LogP) is 2.85. The monoisotopic (exact) mass is 353 g/mol. The zero-order valence-corrected chi connectivity index (χ0v) is 14.3. The summed E-state index contributed by atoms with van der Waals surface area (Å²) in [6, 6.07) is 6.55. The molecule has 1 amide bonds. The molecule has 0 saturated heterocycles. The summed E-state index contributed by atoms with van der Waals surface area (Å²) in [6.07, 6.45) is 1.31. The molecule has 1 aliphatic rings. The van der Waals surface area contributed by atoms with Gasteiger partial charge in [0, 0.05) is 23.3 Å². The molecule has 0 aliphatic carbocycles. The number of amides is 1. The Morgan fingerprint density at radius 2 is 2.00 bits per heavy atom. The average molecular weight is 354 g/mol. The summed E-state index contributed by atoms with van der Waals surface area (Å²) in [6.45, 7) is 2.19. The summed E-state index contributed by atoms with van der Waals surface area (Å²) in [5.41, 5.74) is 0.542. The molecule has 122 valence electrons. The molecule has 0 unspecified atom stereocenters. The Kier molecular flexibility index (Phi) is 5.49. The van der Waals surface area contributed by atoms with Crippen LogP contribution in [0.2, 0.25) is 5.02 Å². The summed E-state index contributed by atoms with van der Waals surface area (Å²) in [5.74, 6) is -1.93. The van der Waals surface area contributed by atoms with Gasteiger partial charge in [0.05, 0.1) is 11.4 Å². The highest BCUT2D eigenvalue weighted by Crippen LogP contribution is 2.36. The number of ketones is 1. The summed E-state index contributed by atoms with van der Waals surface area (Å²) in [7, 11) is 0. The fourth-order valence-electron chi connectivity index (χ4n) is 2.62. The van der Waals surface area contributed by atoms with Gasteiger partial charge in [-0.3, -0.25) is 14.4 Å². The first-order valence-electron chi connectivity index (χ1n) is 7.00. The van der Waals surface area contributed by atoms with Crippen molar-refractivity contribution in [2.45, 2.75) is 18.7 Å². The van der Waals surface area contributed by atoms with Gasteiger partial charge in [-0.05, 0) is 25.3 Å². The summed E-state index contributed by atoms with van der Waals surface area (Å²) in [5, 5.41) is 8.87. The number of carboxylic acid groups (broad SMARTS) is 1. The van der Waals surface area contributed by atoms with Crippen molar-refractivity contribution >= 4 is 41.0 Å². The molecule has 1 aromatic rings. The van der Waals surface area contributed by atoms with Gasteiger partial charge in [-0.1, -0.05) is 23.7 Å². The first kappa shape index (κ1) is 17.6. The third kappa shape index (κ3) is 3.28. The smallest absolute Gasteiger partial charge is 0.308 e. The van der Waals surface area contributed by atoms with Crippen molar-refractivity contribution in [2.24, 2.45) is 0 Å². The van der Waals surface area contributed by atoms with Crippen LogP contribution in [0.25, 0.3) is 0 Å². The minimum atomic E-state index is -1.14. The van der Waals surface area contributed by atoms with E-state index in [0.717, 1.165) is 0 Å². The molecule has 2 rings (SSSR count). The number of likely N-dealkylation sites (N-methyl/N-ethyl adjacent to an activating group) is 1. The molecule has 0 saturated carbocycles. The van der Waals surface area contributed by atoms with Gasteiger partial charge >= 0.3 is 5.97 Å². The van der Waals surface area contributed by atoms with Crippen molar-refractivity contribution in [3.8, 4) is 0 Å². The van der Waals surface area contributed by atoms with Crippen molar-refractivity contribution < 1.29 is 19.5 Å². The molecule has 1 atom stereocenters. The van der Waals surface area contributed by atoms with Crippen LogP contribution in [0.1, 0.15) is 23.7 Å². The van der Waals surface area contributed by atoms with Crippen LogP contribution in [-0.2, 0) is 9.59 Å². The normalized spacial score (nSPS) is 17.8. The molecule has 0 aromatic heterocycles. The van der Waals surface area contributed by atoms with Gasteiger partial charge in [0.1, 0.15) is 5.37 Å². The highest BCUT2D eigenvalue weighted by atomic mass is 35.5. The predicted molar refractivity (Wildman–Crippen MR) is 89.8 cm³/mol. The van der Waals surface area contributed by atoms with Gasteiger partial charge in [-0.15, -0.1) is 11.8 Å². The Balaban J connectivity index is 2.58. The van der Waals surface area contributed by atoms with Crippen LogP contribution in [0.5, 0.6) is 0 Å². The molecule has 0 spiro atoms. The van der Waals surface area contributed by atoms with Crippen molar-refractivity contribution in [3.63, 3.8) is 0 Å². The SMILES string of the molecule is CCN1C(=O)C(CC(=O)O)=C(C(=O)c2ccccc2Cl)[C@H]1SC. The van der Waals surface area contributed by atoms with Crippen molar-refractivity contribution in [1.82, 2.24) is 4.90 Å². The second kappa shape index (κ2) is 7.19. The molecule has 1 N–H and O–H groups in total. The van der Waals surface area contributed by atoms with Crippen LogP contribution < -0.4 is 0 Å². The minimum absolute atomic E-state index is 0.0450. The van der Waals surface area contributed by atoms with Gasteiger partial charge in [-0.25, -0.2) is 0 Å². The quantitative estimate of drug-likeness (QED) is 0.796. The van der Waals surface area contributed by atoms with E-state index < -0.39 is 29.5 Å². The van der Waals surface area contributed by atoms with Crippen LogP contribution in [0.15, 0.2) is 35.4 Å². The molecule has 0 bridgehead atoms. The molecule has 7 heteroatoms. The van der Waals surface area contributed by atoms with Crippen molar-refractivity contribution in [3.05, 3.63) is 46.0 Å². The number of carbonyl (C=O) groups is 3. The van der Waals surface area contributed by atoms with Crippen LogP contribution in [0, 0.1) is 0 Å². The maximum absolute atomic E-state index is 12.9. The molecule has 0 radical (unpaired) electrons. The van der Waals surface area contributed by atoms with Crippen LogP contribution in [-0.4, -0.2) is 45.8 Å². The largest absolute Gasteiger partial charge is 0.481 e. The van der Waals surface area contributed by atoms with E-state index >= 15 is 0 Å². The maximum Gasteiger partial charge on any atom is 0.308 e. The number of hydrogen-bond acceptors (Lipinski definition) is 4. The zero-order chi connectivity index (χ0) is 17.1. The molecular formula is C16H16ClNO4S. The topological polar surface area (TPSA) is 74.7 Å². The van der Waals surface area contributed by atoms with E-state index in [1.807, 2.05) is 0 Å². The number of carboxylic acids is 1. The zero-order valence-electron chi connectivity index (χ0n) is 12.7. The molecule has 0 fully saturated rings. The van der Waals surface area contributed by atoms with E-state index in [4.69, 9.17) is 16.7 Å². The Labute approximate surface area is 143 Å². The van der Waals surface area contributed by atoms with Gasteiger partial charge < -0.3 is 10.0 Å². The molecule has 1 aliphatic heterocycles. The second-order valence-corrected chi connectivity index (χ2v) is 6.28. The molecule has 1 aromatic carbocycles. The number of hydrogen-bond donors (Lipinski definition) is 1. The van der Waals surface area contributed by atoms with Gasteiger partial charge in [-0.2, -0.15) is 0 Å². The summed E-state index contributed by atoms with van der Waals surface area (Å²) >= 11 is 7.41. The van der Waals surface area contributed by atoms with E-state index in [-0.39, 0.29) is 21.7 Å². The maximum atomic E-state index is 12.9. The number of carbonyl (C=O) groups excluding carboxylic acids is 2. The number of aliphatic carboxylic acids is 1. The number of Topliss-reactive ketones (excluding diaryl/α,β-unsaturated/α-hetero) is 1. The number of benzene rings is 1. The van der Waals surface area contributed by atoms with Crippen LogP contribution in [0.4, 0.5) is 0 Å². The first-order chi connectivity index (χ1) is 10.9. The molecule has 5 nitrogen and oxygen atoms in total. The number of halogens is 1. The number of nitrogens with zero attached hydrogens (tertiary/aromatic N) is 1. The fraction of sp³-hybridized carbons (Fsp3) is 0.312. The number of rotatable bonds is 6.